The molecular formula is C14H22N2O2. The summed E-state index contributed by atoms with van der Waals surface area (Å²) in [6.45, 7) is 2.23. The van der Waals surface area contributed by atoms with Crippen LogP contribution in [-0.4, -0.2) is 28.2 Å². The van der Waals surface area contributed by atoms with Crippen molar-refractivity contribution in [2.24, 2.45) is 5.92 Å². The first-order chi connectivity index (χ1) is 8.68. The van der Waals surface area contributed by atoms with Crippen LogP contribution in [0.5, 0.6) is 0 Å². The summed E-state index contributed by atoms with van der Waals surface area (Å²) in [6.07, 6.45) is 7.93. The van der Waals surface area contributed by atoms with Gasteiger partial charge in [0.15, 0.2) is 0 Å². The van der Waals surface area contributed by atoms with Gasteiger partial charge in [-0.25, -0.2) is 0 Å². The molecule has 0 bridgehead atoms. The predicted octanol–water partition coefficient (Wildman–Crippen LogP) is 1.72. The summed E-state index contributed by atoms with van der Waals surface area (Å²) in [5.74, 6) is 0.329. The van der Waals surface area contributed by atoms with Crippen LogP contribution >= 0.6 is 0 Å². The van der Waals surface area contributed by atoms with Crippen LogP contribution in [0.1, 0.15) is 38.6 Å². The lowest BCUT2D eigenvalue weighted by Gasteiger charge is -2.20. The number of rotatable bonds is 5. The number of aromatic nitrogens is 1. The van der Waals surface area contributed by atoms with E-state index in [1.807, 2.05) is 36.0 Å². The van der Waals surface area contributed by atoms with Gasteiger partial charge < -0.3 is 15.0 Å². The molecule has 2 atom stereocenters. The van der Waals surface area contributed by atoms with Gasteiger partial charge in [0.25, 0.3) is 0 Å². The lowest BCUT2D eigenvalue weighted by molar-refractivity contribution is -0.124. The van der Waals surface area contributed by atoms with Crippen molar-refractivity contribution < 1.29 is 9.90 Å². The number of carbonyl (C=O) groups is 1. The maximum absolute atomic E-state index is 11.9. The van der Waals surface area contributed by atoms with Gasteiger partial charge in [-0.2, -0.15) is 0 Å². The second-order valence-electron chi connectivity index (χ2n) is 5.16. The molecule has 2 rings (SSSR count). The Bertz CT molecular complexity index is 369. The zero-order chi connectivity index (χ0) is 13.0. The monoisotopic (exact) mass is 250 g/mol. The van der Waals surface area contributed by atoms with Gasteiger partial charge >= 0.3 is 0 Å². The van der Waals surface area contributed by atoms with E-state index in [0.29, 0.717) is 12.5 Å². The van der Waals surface area contributed by atoms with Crippen molar-refractivity contribution >= 4 is 5.91 Å². The molecule has 1 fully saturated rings. The highest BCUT2D eigenvalue weighted by atomic mass is 16.3. The Morgan fingerprint density at radius 2 is 2.00 bits per heavy atom. The van der Waals surface area contributed by atoms with Gasteiger partial charge in [0.1, 0.15) is 6.04 Å². The molecule has 0 aliphatic heterocycles. The molecule has 2 N–H and O–H groups in total. The SMILES string of the molecule is CC(C(=O)NCC(O)C1CCCC1)n1cccc1. The number of carbonyl (C=O) groups excluding carboxylic acids is 1. The van der Waals surface area contributed by atoms with E-state index in [1.165, 1.54) is 12.8 Å². The molecule has 4 heteroatoms. The molecule has 0 spiro atoms. The highest BCUT2D eigenvalue weighted by Gasteiger charge is 2.24. The Hall–Kier alpha value is -1.29. The van der Waals surface area contributed by atoms with E-state index >= 15 is 0 Å². The third kappa shape index (κ3) is 3.13. The zero-order valence-electron chi connectivity index (χ0n) is 10.9. The second-order valence-corrected chi connectivity index (χ2v) is 5.16. The van der Waals surface area contributed by atoms with E-state index in [4.69, 9.17) is 0 Å². The predicted molar refractivity (Wildman–Crippen MR) is 70.1 cm³/mol. The Balaban J connectivity index is 1.77. The molecule has 1 amide bonds. The largest absolute Gasteiger partial charge is 0.391 e. The fourth-order valence-electron chi connectivity index (χ4n) is 2.60. The van der Waals surface area contributed by atoms with E-state index < -0.39 is 6.10 Å². The highest BCUT2D eigenvalue weighted by molar-refractivity contribution is 5.79. The second kappa shape index (κ2) is 6.05. The third-order valence-electron chi connectivity index (χ3n) is 3.88. The van der Waals surface area contributed by atoms with E-state index in [-0.39, 0.29) is 11.9 Å². The van der Waals surface area contributed by atoms with Crippen molar-refractivity contribution in [1.29, 1.82) is 0 Å². The first kappa shape index (κ1) is 13.1. The van der Waals surface area contributed by atoms with Crippen LogP contribution in [0.2, 0.25) is 0 Å². The lowest BCUT2D eigenvalue weighted by Crippen LogP contribution is -2.38. The van der Waals surface area contributed by atoms with Gasteiger partial charge in [-0.3, -0.25) is 4.79 Å². The summed E-state index contributed by atoms with van der Waals surface area (Å²) < 4.78 is 1.86. The summed E-state index contributed by atoms with van der Waals surface area (Å²) in [7, 11) is 0. The van der Waals surface area contributed by atoms with Gasteiger partial charge in [-0.1, -0.05) is 12.8 Å². The maximum atomic E-state index is 11.9. The minimum Gasteiger partial charge on any atom is -0.391 e. The molecule has 1 aliphatic rings. The standard InChI is InChI=1S/C14H22N2O2/c1-11(16-8-4-5-9-16)14(18)15-10-13(17)12-6-2-3-7-12/h4-5,8-9,11-13,17H,2-3,6-7,10H2,1H3,(H,15,18). The molecule has 1 heterocycles. The summed E-state index contributed by atoms with van der Waals surface area (Å²) in [5, 5.41) is 12.8. The van der Waals surface area contributed by atoms with Crippen LogP contribution in [-0.2, 0) is 4.79 Å². The van der Waals surface area contributed by atoms with Crippen molar-refractivity contribution in [3.05, 3.63) is 24.5 Å². The molecule has 0 saturated heterocycles. The quantitative estimate of drug-likeness (QED) is 0.836. The van der Waals surface area contributed by atoms with Gasteiger partial charge in [0.2, 0.25) is 5.91 Å². The van der Waals surface area contributed by atoms with Crippen molar-refractivity contribution in [3.8, 4) is 0 Å². The topological polar surface area (TPSA) is 54.3 Å². The third-order valence-corrected chi connectivity index (χ3v) is 3.88. The summed E-state index contributed by atoms with van der Waals surface area (Å²) in [4.78, 5) is 11.9. The Kier molecular flexibility index (Phi) is 4.42. The number of amides is 1. The minimum absolute atomic E-state index is 0.0387. The van der Waals surface area contributed by atoms with Crippen LogP contribution in [0.4, 0.5) is 0 Å². The fraction of sp³-hybridized carbons (Fsp3) is 0.643. The molecule has 1 aromatic heterocycles. The molecule has 18 heavy (non-hydrogen) atoms. The molecule has 100 valence electrons. The summed E-state index contributed by atoms with van der Waals surface area (Å²) in [6, 6.07) is 3.57. The minimum atomic E-state index is -0.395. The normalized spacial score (nSPS) is 19.7. The van der Waals surface area contributed by atoms with Gasteiger partial charge in [-0.05, 0) is 37.8 Å². The van der Waals surface area contributed by atoms with Crippen LogP contribution in [0.3, 0.4) is 0 Å². The number of nitrogens with one attached hydrogen (secondary N) is 1. The van der Waals surface area contributed by atoms with Gasteiger partial charge in [0.05, 0.1) is 6.10 Å². The van der Waals surface area contributed by atoms with E-state index in [0.717, 1.165) is 12.8 Å². The van der Waals surface area contributed by atoms with E-state index in [9.17, 15) is 9.90 Å². The first-order valence-electron chi connectivity index (χ1n) is 6.76. The Morgan fingerprint density at radius 1 is 1.39 bits per heavy atom. The molecule has 2 unspecified atom stereocenters. The van der Waals surface area contributed by atoms with Crippen LogP contribution < -0.4 is 5.32 Å². The molecule has 1 aromatic rings. The highest BCUT2D eigenvalue weighted by Crippen LogP contribution is 2.27. The number of hydrogen-bond acceptors (Lipinski definition) is 2. The number of hydrogen-bond donors (Lipinski definition) is 2. The number of nitrogens with zero attached hydrogens (tertiary/aromatic N) is 1. The van der Waals surface area contributed by atoms with Crippen molar-refractivity contribution in [1.82, 2.24) is 9.88 Å². The van der Waals surface area contributed by atoms with Crippen LogP contribution in [0, 0.1) is 5.92 Å². The summed E-state index contributed by atoms with van der Waals surface area (Å²) in [5.41, 5.74) is 0. The van der Waals surface area contributed by atoms with Gasteiger partial charge in [0, 0.05) is 18.9 Å². The van der Waals surface area contributed by atoms with Crippen molar-refractivity contribution in [2.45, 2.75) is 44.8 Å². The van der Waals surface area contributed by atoms with E-state index in [2.05, 4.69) is 5.32 Å². The number of aliphatic hydroxyl groups is 1. The average Bonchev–Trinajstić information content (AvgIpc) is 3.05. The van der Waals surface area contributed by atoms with Gasteiger partial charge in [-0.15, -0.1) is 0 Å². The average molecular weight is 250 g/mol. The molecule has 1 aliphatic carbocycles. The maximum Gasteiger partial charge on any atom is 0.242 e. The van der Waals surface area contributed by atoms with Crippen molar-refractivity contribution in [2.75, 3.05) is 6.54 Å². The molecule has 1 saturated carbocycles. The molecule has 0 aromatic carbocycles. The first-order valence-corrected chi connectivity index (χ1v) is 6.76. The molecule has 0 radical (unpaired) electrons. The van der Waals surface area contributed by atoms with Crippen LogP contribution in [0.15, 0.2) is 24.5 Å². The smallest absolute Gasteiger partial charge is 0.242 e. The Morgan fingerprint density at radius 3 is 2.61 bits per heavy atom. The molecule has 4 nitrogen and oxygen atoms in total. The lowest BCUT2D eigenvalue weighted by atomic mass is 10.0. The molecular weight excluding hydrogens is 228 g/mol. The zero-order valence-corrected chi connectivity index (χ0v) is 10.9. The van der Waals surface area contributed by atoms with Crippen LogP contribution in [0.25, 0.3) is 0 Å². The number of aliphatic hydroxyl groups excluding tert-OH is 1. The Labute approximate surface area is 108 Å². The summed E-state index contributed by atoms with van der Waals surface area (Å²) >= 11 is 0. The van der Waals surface area contributed by atoms with E-state index in [1.54, 1.807) is 0 Å². The van der Waals surface area contributed by atoms with Crippen molar-refractivity contribution in [3.63, 3.8) is 0 Å². The fourth-order valence-corrected chi connectivity index (χ4v) is 2.60.